The summed E-state index contributed by atoms with van der Waals surface area (Å²) in [6.07, 6.45) is 8.13. The van der Waals surface area contributed by atoms with Crippen LogP contribution in [0, 0.1) is 5.92 Å². The van der Waals surface area contributed by atoms with Crippen molar-refractivity contribution in [2.45, 2.75) is 45.2 Å². The second-order valence-corrected chi connectivity index (χ2v) is 4.96. The molecule has 18 heavy (non-hydrogen) atoms. The molecule has 1 aliphatic heterocycles. The quantitative estimate of drug-likeness (QED) is 0.587. The predicted molar refractivity (Wildman–Crippen MR) is 70.9 cm³/mol. The van der Waals surface area contributed by atoms with Gasteiger partial charge >= 0.3 is 0 Å². The minimum Gasteiger partial charge on any atom is -0.381 e. The van der Waals surface area contributed by atoms with Crippen molar-refractivity contribution in [3.8, 4) is 0 Å². The van der Waals surface area contributed by atoms with Gasteiger partial charge in [0, 0.05) is 44.6 Å². The van der Waals surface area contributed by atoms with Gasteiger partial charge in [0.2, 0.25) is 0 Å². The van der Waals surface area contributed by atoms with Gasteiger partial charge in [-0.25, -0.2) is 4.98 Å². The van der Waals surface area contributed by atoms with Gasteiger partial charge in [0.15, 0.2) is 0 Å². The molecule has 1 atom stereocenters. The lowest BCUT2D eigenvalue weighted by Crippen LogP contribution is -2.44. The lowest BCUT2D eigenvalue weighted by atomic mass is 9.90. The van der Waals surface area contributed by atoms with E-state index in [4.69, 9.17) is 10.6 Å². The predicted octanol–water partition coefficient (Wildman–Crippen LogP) is 1.09. The van der Waals surface area contributed by atoms with Crippen LogP contribution in [-0.2, 0) is 17.7 Å². The summed E-state index contributed by atoms with van der Waals surface area (Å²) in [7, 11) is 0. The first-order valence-electron chi connectivity index (χ1n) is 6.89. The Balaban J connectivity index is 1.98. The Morgan fingerprint density at radius 1 is 1.56 bits per heavy atom. The average molecular weight is 252 g/mol. The third kappa shape index (κ3) is 3.31. The Morgan fingerprint density at radius 2 is 2.33 bits per heavy atom. The first-order chi connectivity index (χ1) is 8.85. The summed E-state index contributed by atoms with van der Waals surface area (Å²) in [6.45, 7) is 4.92. The average Bonchev–Trinajstić information content (AvgIpc) is 2.85. The van der Waals surface area contributed by atoms with E-state index >= 15 is 0 Å². The maximum absolute atomic E-state index is 5.72. The van der Waals surface area contributed by atoms with Crippen LogP contribution in [0.4, 0.5) is 0 Å². The van der Waals surface area contributed by atoms with Crippen LogP contribution in [0.25, 0.3) is 0 Å². The summed E-state index contributed by atoms with van der Waals surface area (Å²) in [5.41, 5.74) is 2.97. The van der Waals surface area contributed by atoms with Gasteiger partial charge in [-0.1, -0.05) is 6.92 Å². The fraction of sp³-hybridized carbons (Fsp3) is 0.769. The van der Waals surface area contributed by atoms with E-state index < -0.39 is 0 Å². The molecule has 0 aliphatic carbocycles. The largest absolute Gasteiger partial charge is 0.381 e. The van der Waals surface area contributed by atoms with Crippen LogP contribution in [0.3, 0.4) is 0 Å². The highest BCUT2D eigenvalue weighted by molar-refractivity contribution is 4.97. The lowest BCUT2D eigenvalue weighted by Gasteiger charge is -2.29. The molecule has 1 unspecified atom stereocenters. The van der Waals surface area contributed by atoms with Crippen LogP contribution in [0.5, 0.6) is 0 Å². The minimum atomic E-state index is 0.298. The van der Waals surface area contributed by atoms with Crippen LogP contribution in [0.2, 0.25) is 0 Å². The maximum atomic E-state index is 5.72. The third-order valence-electron chi connectivity index (χ3n) is 3.72. The highest BCUT2D eigenvalue weighted by Gasteiger charge is 2.24. The van der Waals surface area contributed by atoms with Gasteiger partial charge in [0.05, 0.1) is 0 Å². The van der Waals surface area contributed by atoms with E-state index in [2.05, 4.69) is 28.1 Å². The fourth-order valence-corrected chi connectivity index (χ4v) is 2.65. The maximum Gasteiger partial charge on any atom is 0.110 e. The van der Waals surface area contributed by atoms with Crippen LogP contribution >= 0.6 is 0 Å². The Labute approximate surface area is 109 Å². The highest BCUT2D eigenvalue weighted by Crippen LogP contribution is 2.20. The summed E-state index contributed by atoms with van der Waals surface area (Å²) in [6, 6.07) is 0.298. The monoisotopic (exact) mass is 252 g/mol. The number of hydrazine groups is 1. The first kappa shape index (κ1) is 13.5. The molecule has 1 aromatic rings. The van der Waals surface area contributed by atoms with E-state index in [-0.39, 0.29) is 0 Å². The van der Waals surface area contributed by atoms with E-state index in [1.54, 1.807) is 0 Å². The Morgan fingerprint density at radius 3 is 3.00 bits per heavy atom. The fourth-order valence-electron chi connectivity index (χ4n) is 2.65. The number of rotatable bonds is 6. The van der Waals surface area contributed by atoms with Crippen molar-refractivity contribution in [3.63, 3.8) is 0 Å². The molecule has 2 heterocycles. The first-order valence-corrected chi connectivity index (χ1v) is 6.89. The van der Waals surface area contributed by atoms with Crippen molar-refractivity contribution < 1.29 is 4.74 Å². The van der Waals surface area contributed by atoms with Crippen LogP contribution in [0.1, 0.15) is 32.0 Å². The zero-order valence-electron chi connectivity index (χ0n) is 11.1. The molecule has 1 fully saturated rings. The number of ether oxygens (including phenoxy) is 1. The molecule has 3 N–H and O–H groups in total. The van der Waals surface area contributed by atoms with Gasteiger partial charge < -0.3 is 9.30 Å². The van der Waals surface area contributed by atoms with Crippen molar-refractivity contribution >= 4 is 0 Å². The van der Waals surface area contributed by atoms with Crippen molar-refractivity contribution in [3.05, 3.63) is 18.2 Å². The van der Waals surface area contributed by atoms with Gasteiger partial charge in [0.1, 0.15) is 5.82 Å². The number of nitrogens with zero attached hydrogens (tertiary/aromatic N) is 2. The van der Waals surface area contributed by atoms with Crippen LogP contribution in [0.15, 0.2) is 12.4 Å². The number of nitrogens with one attached hydrogen (secondary N) is 1. The molecule has 0 radical (unpaired) electrons. The van der Waals surface area contributed by atoms with E-state index in [0.29, 0.717) is 12.0 Å². The molecule has 0 spiro atoms. The smallest absolute Gasteiger partial charge is 0.110 e. The molecule has 0 amide bonds. The van der Waals surface area contributed by atoms with E-state index in [0.717, 1.165) is 51.3 Å². The number of aromatic nitrogens is 2. The van der Waals surface area contributed by atoms with Crippen molar-refractivity contribution in [1.82, 2.24) is 15.0 Å². The van der Waals surface area contributed by atoms with E-state index in [1.807, 2.05) is 6.20 Å². The SMILES string of the molecule is CCCn1ccnc1CC(NN)C1CCOCC1. The molecule has 1 aromatic heterocycles. The molecule has 2 rings (SSSR count). The molecular formula is C13H24N4O. The molecule has 0 aromatic carbocycles. The summed E-state index contributed by atoms with van der Waals surface area (Å²) in [5.74, 6) is 7.44. The Bertz CT molecular complexity index is 347. The summed E-state index contributed by atoms with van der Waals surface area (Å²) in [5, 5.41) is 0. The second kappa shape index (κ2) is 6.87. The Hall–Kier alpha value is -0.910. The molecule has 0 bridgehead atoms. The third-order valence-corrected chi connectivity index (χ3v) is 3.72. The van der Waals surface area contributed by atoms with Crippen molar-refractivity contribution in [2.24, 2.45) is 11.8 Å². The lowest BCUT2D eigenvalue weighted by molar-refractivity contribution is 0.0534. The van der Waals surface area contributed by atoms with E-state index in [1.165, 1.54) is 0 Å². The molecule has 102 valence electrons. The summed E-state index contributed by atoms with van der Waals surface area (Å²) >= 11 is 0. The van der Waals surface area contributed by atoms with Gasteiger partial charge in [-0.15, -0.1) is 0 Å². The zero-order chi connectivity index (χ0) is 12.8. The van der Waals surface area contributed by atoms with Crippen LogP contribution < -0.4 is 11.3 Å². The van der Waals surface area contributed by atoms with Gasteiger partial charge in [-0.05, 0) is 25.2 Å². The normalized spacial score (nSPS) is 19.0. The van der Waals surface area contributed by atoms with Crippen molar-refractivity contribution in [1.29, 1.82) is 0 Å². The number of hydrogen-bond acceptors (Lipinski definition) is 4. The van der Waals surface area contributed by atoms with Crippen LogP contribution in [-0.4, -0.2) is 28.8 Å². The number of nitrogens with two attached hydrogens (primary N) is 1. The Kier molecular flexibility index (Phi) is 5.16. The standard InChI is InChI=1S/C13H24N4O/c1-2-6-17-7-5-15-13(17)10-12(16-14)11-3-8-18-9-4-11/h5,7,11-12,16H,2-4,6,8-10,14H2,1H3. The topological polar surface area (TPSA) is 65.1 Å². The summed E-state index contributed by atoms with van der Waals surface area (Å²) in [4.78, 5) is 4.45. The van der Waals surface area contributed by atoms with Gasteiger partial charge in [0.25, 0.3) is 0 Å². The molecule has 0 saturated carbocycles. The minimum absolute atomic E-state index is 0.298. The number of imidazole rings is 1. The second-order valence-electron chi connectivity index (χ2n) is 4.96. The van der Waals surface area contributed by atoms with Gasteiger partial charge in [-0.3, -0.25) is 11.3 Å². The molecule has 1 saturated heterocycles. The van der Waals surface area contributed by atoms with Gasteiger partial charge in [-0.2, -0.15) is 0 Å². The number of aryl methyl sites for hydroxylation is 1. The molecule has 5 nitrogen and oxygen atoms in total. The molecule has 1 aliphatic rings. The molecule has 5 heteroatoms. The zero-order valence-corrected chi connectivity index (χ0v) is 11.1. The number of hydrogen-bond donors (Lipinski definition) is 2. The van der Waals surface area contributed by atoms with Crippen molar-refractivity contribution in [2.75, 3.05) is 13.2 Å². The highest BCUT2D eigenvalue weighted by atomic mass is 16.5. The summed E-state index contributed by atoms with van der Waals surface area (Å²) < 4.78 is 7.63. The van der Waals surface area contributed by atoms with E-state index in [9.17, 15) is 0 Å². The molecular weight excluding hydrogens is 228 g/mol.